The number of piperazine rings is 1. The number of carbonyl (C=O) groups excluding carboxylic acids is 1. The van der Waals surface area contributed by atoms with Crippen LogP contribution in [0.15, 0.2) is 53.6 Å². The maximum atomic E-state index is 12.3. The van der Waals surface area contributed by atoms with Crippen molar-refractivity contribution in [3.05, 3.63) is 76.0 Å². The van der Waals surface area contributed by atoms with Gasteiger partial charge in [0.1, 0.15) is 5.52 Å². The van der Waals surface area contributed by atoms with E-state index in [-0.39, 0.29) is 11.6 Å². The van der Waals surface area contributed by atoms with E-state index in [9.17, 15) is 9.59 Å². The average molecular weight is 457 g/mol. The van der Waals surface area contributed by atoms with E-state index in [4.69, 9.17) is 0 Å². The summed E-state index contributed by atoms with van der Waals surface area (Å²) in [4.78, 5) is 37.1. The molecule has 0 unspecified atom stereocenters. The fourth-order valence-corrected chi connectivity index (χ4v) is 4.87. The molecule has 1 amide bonds. The number of pyridine rings is 1. The minimum absolute atomic E-state index is 0.0324. The van der Waals surface area contributed by atoms with E-state index in [1.807, 2.05) is 36.5 Å². The van der Waals surface area contributed by atoms with E-state index in [1.54, 1.807) is 10.6 Å². The van der Waals surface area contributed by atoms with Crippen LogP contribution in [0.3, 0.4) is 0 Å². The van der Waals surface area contributed by atoms with Crippen molar-refractivity contribution < 1.29 is 4.79 Å². The molecule has 1 aliphatic carbocycles. The predicted molar refractivity (Wildman–Crippen MR) is 132 cm³/mol. The molecule has 0 bridgehead atoms. The summed E-state index contributed by atoms with van der Waals surface area (Å²) in [7, 11) is 0. The highest BCUT2D eigenvalue weighted by atomic mass is 16.2. The Morgan fingerprint density at radius 3 is 2.74 bits per heavy atom. The van der Waals surface area contributed by atoms with Gasteiger partial charge in [-0.3, -0.25) is 19.1 Å². The Hall–Kier alpha value is -3.65. The first-order chi connectivity index (χ1) is 16.5. The summed E-state index contributed by atoms with van der Waals surface area (Å²) in [6, 6.07) is 12.2. The number of fused-ring (bicyclic) bond motifs is 3. The Balaban J connectivity index is 1.12. The van der Waals surface area contributed by atoms with Crippen LogP contribution in [-0.2, 0) is 6.54 Å². The molecule has 0 radical (unpaired) electrons. The third-order valence-corrected chi connectivity index (χ3v) is 6.89. The summed E-state index contributed by atoms with van der Waals surface area (Å²) in [5, 5.41) is 3.06. The maximum absolute atomic E-state index is 12.3. The summed E-state index contributed by atoms with van der Waals surface area (Å²) in [5.74, 6) is 0.0324. The number of hydrogen-bond donors (Lipinski definition) is 2. The monoisotopic (exact) mass is 456 g/mol. The van der Waals surface area contributed by atoms with E-state index in [2.05, 4.69) is 38.1 Å². The van der Waals surface area contributed by atoms with Crippen molar-refractivity contribution in [2.75, 3.05) is 31.1 Å². The molecule has 34 heavy (non-hydrogen) atoms. The highest BCUT2D eigenvalue weighted by molar-refractivity contribution is 5.95. The Bertz CT molecular complexity index is 1440. The van der Waals surface area contributed by atoms with Gasteiger partial charge in [-0.2, -0.15) is 0 Å². The predicted octanol–water partition coefficient (Wildman–Crippen LogP) is 2.70. The molecule has 4 heterocycles. The first-order valence-electron chi connectivity index (χ1n) is 11.9. The molecule has 1 saturated carbocycles. The molecule has 0 atom stereocenters. The van der Waals surface area contributed by atoms with Crippen LogP contribution < -0.4 is 15.9 Å². The lowest BCUT2D eigenvalue weighted by Crippen LogP contribution is -2.46. The fourth-order valence-electron chi connectivity index (χ4n) is 4.87. The van der Waals surface area contributed by atoms with E-state index in [1.165, 1.54) is 5.69 Å². The topological polar surface area (TPSA) is 85.7 Å². The van der Waals surface area contributed by atoms with Crippen LogP contribution in [-0.4, -0.2) is 57.4 Å². The Morgan fingerprint density at radius 2 is 1.97 bits per heavy atom. The van der Waals surface area contributed by atoms with Crippen LogP contribution in [0.5, 0.6) is 0 Å². The van der Waals surface area contributed by atoms with Crippen molar-refractivity contribution in [1.29, 1.82) is 0 Å². The van der Waals surface area contributed by atoms with Crippen LogP contribution in [0.4, 0.5) is 5.69 Å². The number of carbonyl (C=O) groups is 1. The minimum atomic E-state index is -0.147. The molecule has 1 saturated heterocycles. The fraction of sp³-hybridized carbons (Fsp3) is 0.346. The number of hydrogen-bond acceptors (Lipinski definition) is 5. The number of nitrogens with zero attached hydrogens (tertiary/aromatic N) is 4. The number of rotatable bonds is 5. The summed E-state index contributed by atoms with van der Waals surface area (Å²) in [5.41, 5.74) is 6.43. The second-order valence-corrected chi connectivity index (χ2v) is 9.45. The van der Waals surface area contributed by atoms with Gasteiger partial charge in [0.05, 0.1) is 11.0 Å². The number of nitrogens with one attached hydrogen (secondary N) is 2. The highest BCUT2D eigenvalue weighted by Crippen LogP contribution is 2.25. The third kappa shape index (κ3) is 3.94. The molecule has 2 fully saturated rings. The largest absolute Gasteiger partial charge is 0.369 e. The smallest absolute Gasteiger partial charge is 0.330 e. The van der Waals surface area contributed by atoms with Gasteiger partial charge in [0.15, 0.2) is 0 Å². The van der Waals surface area contributed by atoms with E-state index >= 15 is 0 Å². The van der Waals surface area contributed by atoms with E-state index < -0.39 is 0 Å². The molecule has 2 aliphatic rings. The van der Waals surface area contributed by atoms with Gasteiger partial charge in [-0.1, -0.05) is 0 Å². The summed E-state index contributed by atoms with van der Waals surface area (Å²) < 4.78 is 1.59. The lowest BCUT2D eigenvalue weighted by atomic mass is 10.1. The number of benzene rings is 1. The molecule has 8 nitrogen and oxygen atoms in total. The standard InChI is InChI=1S/C26H28N6O2/c1-17-13-19(25(33)28-20-5-6-20)4-7-22(17)31-11-9-30(10-12-31)16-18-14-21-24(27-15-18)23-3-2-8-32(23)26(34)29-21/h2-4,7-8,13-15,20H,5-6,9-12,16H2,1H3,(H,28,33)(H,29,34). The van der Waals surface area contributed by atoms with Crippen LogP contribution in [0.1, 0.15) is 34.3 Å². The van der Waals surface area contributed by atoms with Crippen molar-refractivity contribution >= 4 is 28.1 Å². The SMILES string of the molecule is Cc1cc(C(=O)NC2CC2)ccc1N1CCN(Cc2cnc3c(c2)[nH]c(=O)n2cccc32)CC1. The van der Waals surface area contributed by atoms with Crippen LogP contribution in [0, 0.1) is 6.92 Å². The zero-order valence-electron chi connectivity index (χ0n) is 19.3. The van der Waals surface area contributed by atoms with Gasteiger partial charge in [-0.15, -0.1) is 0 Å². The molecule has 2 N–H and O–H groups in total. The number of amides is 1. The number of aryl methyl sites for hydroxylation is 1. The second-order valence-electron chi connectivity index (χ2n) is 9.45. The Morgan fingerprint density at radius 1 is 1.15 bits per heavy atom. The lowest BCUT2D eigenvalue weighted by molar-refractivity contribution is 0.0951. The molecular formula is C26H28N6O2. The van der Waals surface area contributed by atoms with Crippen LogP contribution >= 0.6 is 0 Å². The molecule has 6 rings (SSSR count). The van der Waals surface area contributed by atoms with Crippen LogP contribution in [0.25, 0.3) is 16.6 Å². The zero-order chi connectivity index (χ0) is 23.2. The average Bonchev–Trinajstić information content (AvgIpc) is 3.50. The molecular weight excluding hydrogens is 428 g/mol. The number of aromatic nitrogens is 3. The van der Waals surface area contributed by atoms with Crippen molar-refractivity contribution in [1.82, 2.24) is 24.6 Å². The van der Waals surface area contributed by atoms with E-state index in [0.717, 1.165) is 78.8 Å². The molecule has 8 heteroatoms. The molecule has 4 aromatic rings. The summed E-state index contributed by atoms with van der Waals surface area (Å²) in [6.45, 7) is 6.61. The van der Waals surface area contributed by atoms with Gasteiger partial charge < -0.3 is 15.2 Å². The normalized spacial score (nSPS) is 16.9. The molecule has 174 valence electrons. The second kappa shape index (κ2) is 8.29. The summed E-state index contributed by atoms with van der Waals surface area (Å²) >= 11 is 0. The van der Waals surface area contributed by atoms with Crippen molar-refractivity contribution in [3.63, 3.8) is 0 Å². The van der Waals surface area contributed by atoms with Crippen LogP contribution in [0.2, 0.25) is 0 Å². The number of aromatic amines is 1. The van der Waals surface area contributed by atoms with Gasteiger partial charge in [0.25, 0.3) is 5.91 Å². The zero-order valence-corrected chi connectivity index (χ0v) is 19.3. The first-order valence-corrected chi connectivity index (χ1v) is 11.9. The number of anilines is 1. The van der Waals surface area contributed by atoms with Crippen molar-refractivity contribution in [3.8, 4) is 0 Å². The van der Waals surface area contributed by atoms with Crippen molar-refractivity contribution in [2.45, 2.75) is 32.4 Å². The Kier molecular flexibility index (Phi) is 5.10. The molecule has 1 aliphatic heterocycles. The van der Waals surface area contributed by atoms with Gasteiger partial charge >= 0.3 is 5.69 Å². The van der Waals surface area contributed by atoms with Gasteiger partial charge in [0, 0.05) is 62.4 Å². The molecule has 0 spiro atoms. The van der Waals surface area contributed by atoms with Gasteiger partial charge in [0.2, 0.25) is 0 Å². The maximum Gasteiger partial charge on any atom is 0.330 e. The minimum Gasteiger partial charge on any atom is -0.369 e. The third-order valence-electron chi connectivity index (χ3n) is 6.89. The lowest BCUT2D eigenvalue weighted by Gasteiger charge is -2.37. The quantitative estimate of drug-likeness (QED) is 0.482. The molecule has 3 aromatic heterocycles. The first kappa shape index (κ1) is 20.9. The van der Waals surface area contributed by atoms with Crippen molar-refractivity contribution in [2.24, 2.45) is 0 Å². The number of H-pyrrole nitrogens is 1. The summed E-state index contributed by atoms with van der Waals surface area (Å²) in [6.07, 6.45) is 5.85. The highest BCUT2D eigenvalue weighted by Gasteiger charge is 2.24. The molecule has 1 aromatic carbocycles. The van der Waals surface area contributed by atoms with E-state index in [0.29, 0.717) is 6.04 Å². The van der Waals surface area contributed by atoms with Gasteiger partial charge in [-0.25, -0.2) is 4.79 Å². The Labute approximate surface area is 197 Å². The van der Waals surface area contributed by atoms with Gasteiger partial charge in [-0.05, 0) is 67.3 Å².